The monoisotopic (exact) mass is 296 g/mol. The first-order chi connectivity index (χ1) is 10.6. The average molecular weight is 296 g/mol. The second kappa shape index (κ2) is 7.41. The molecule has 0 atom stereocenters. The molecule has 22 heavy (non-hydrogen) atoms. The van der Waals surface area contributed by atoms with Crippen LogP contribution in [0, 0.1) is 6.92 Å². The highest BCUT2D eigenvalue weighted by molar-refractivity contribution is 6.00. The lowest BCUT2D eigenvalue weighted by molar-refractivity contribution is -0.117. The summed E-state index contributed by atoms with van der Waals surface area (Å²) in [5.74, 6) is -0.369. The Balaban J connectivity index is 2.00. The SMILES string of the molecule is CCN(C(=O)CNC(=O)c1ccccc1)c1cccc(C)c1. The smallest absolute Gasteiger partial charge is 0.251 e. The van der Waals surface area contributed by atoms with Crippen LogP contribution in [-0.2, 0) is 4.79 Å². The summed E-state index contributed by atoms with van der Waals surface area (Å²) in [4.78, 5) is 26.0. The van der Waals surface area contributed by atoms with E-state index in [1.165, 1.54) is 0 Å². The van der Waals surface area contributed by atoms with Crippen LogP contribution < -0.4 is 10.2 Å². The van der Waals surface area contributed by atoms with E-state index in [4.69, 9.17) is 0 Å². The van der Waals surface area contributed by atoms with Gasteiger partial charge in [0.25, 0.3) is 5.91 Å². The first kappa shape index (κ1) is 15.8. The largest absolute Gasteiger partial charge is 0.343 e. The summed E-state index contributed by atoms with van der Waals surface area (Å²) < 4.78 is 0. The van der Waals surface area contributed by atoms with Gasteiger partial charge in [-0.25, -0.2) is 0 Å². The summed E-state index contributed by atoms with van der Waals surface area (Å²) in [6.45, 7) is 4.44. The zero-order valence-corrected chi connectivity index (χ0v) is 12.9. The Bertz CT molecular complexity index is 653. The maximum atomic E-state index is 12.3. The number of anilines is 1. The number of carbonyl (C=O) groups is 2. The number of hydrogen-bond donors (Lipinski definition) is 1. The van der Waals surface area contributed by atoms with Gasteiger partial charge < -0.3 is 10.2 Å². The summed E-state index contributed by atoms with van der Waals surface area (Å²) in [7, 11) is 0. The van der Waals surface area contributed by atoms with Crippen molar-refractivity contribution in [1.82, 2.24) is 5.32 Å². The first-order valence-electron chi connectivity index (χ1n) is 7.32. The van der Waals surface area contributed by atoms with Crippen molar-refractivity contribution in [2.75, 3.05) is 18.0 Å². The van der Waals surface area contributed by atoms with Gasteiger partial charge in [0, 0.05) is 17.8 Å². The van der Waals surface area contributed by atoms with E-state index in [9.17, 15) is 9.59 Å². The fourth-order valence-corrected chi connectivity index (χ4v) is 2.24. The Morgan fingerprint density at radius 3 is 2.41 bits per heavy atom. The molecular weight excluding hydrogens is 276 g/mol. The molecule has 0 spiro atoms. The highest BCUT2D eigenvalue weighted by atomic mass is 16.2. The molecule has 0 aromatic heterocycles. The molecule has 2 aromatic rings. The van der Waals surface area contributed by atoms with Gasteiger partial charge >= 0.3 is 0 Å². The predicted octanol–water partition coefficient (Wildman–Crippen LogP) is 2.78. The molecule has 4 heteroatoms. The third-order valence-corrected chi connectivity index (χ3v) is 3.37. The van der Waals surface area contributed by atoms with Crippen molar-refractivity contribution in [1.29, 1.82) is 0 Å². The Morgan fingerprint density at radius 1 is 1.05 bits per heavy atom. The predicted molar refractivity (Wildman–Crippen MR) is 88.0 cm³/mol. The maximum absolute atomic E-state index is 12.3. The van der Waals surface area contributed by atoms with Crippen LogP contribution in [0.2, 0.25) is 0 Å². The number of amides is 2. The van der Waals surface area contributed by atoms with Gasteiger partial charge in [0.1, 0.15) is 0 Å². The zero-order chi connectivity index (χ0) is 15.9. The fourth-order valence-electron chi connectivity index (χ4n) is 2.24. The fraction of sp³-hybridized carbons (Fsp3) is 0.222. The second-order valence-electron chi connectivity index (χ2n) is 5.03. The summed E-state index contributed by atoms with van der Waals surface area (Å²) in [6, 6.07) is 16.6. The van der Waals surface area contributed by atoms with E-state index in [0.717, 1.165) is 11.3 Å². The molecule has 0 heterocycles. The average Bonchev–Trinajstić information content (AvgIpc) is 2.54. The van der Waals surface area contributed by atoms with Crippen LogP contribution in [0.5, 0.6) is 0 Å². The van der Waals surface area contributed by atoms with Crippen LogP contribution in [0.3, 0.4) is 0 Å². The van der Waals surface area contributed by atoms with Crippen LogP contribution >= 0.6 is 0 Å². The third kappa shape index (κ3) is 3.95. The van der Waals surface area contributed by atoms with Crippen LogP contribution in [0.15, 0.2) is 54.6 Å². The Hall–Kier alpha value is -2.62. The highest BCUT2D eigenvalue weighted by Gasteiger charge is 2.15. The first-order valence-corrected chi connectivity index (χ1v) is 7.32. The number of aryl methyl sites for hydroxylation is 1. The topological polar surface area (TPSA) is 49.4 Å². The molecule has 2 rings (SSSR count). The van der Waals surface area contributed by atoms with Crippen LogP contribution in [0.25, 0.3) is 0 Å². The van der Waals surface area contributed by atoms with Crippen molar-refractivity contribution >= 4 is 17.5 Å². The van der Waals surface area contributed by atoms with Crippen LogP contribution in [0.1, 0.15) is 22.8 Å². The van der Waals surface area contributed by atoms with Crippen molar-refractivity contribution in [2.45, 2.75) is 13.8 Å². The van der Waals surface area contributed by atoms with Gasteiger partial charge in [-0.15, -0.1) is 0 Å². The number of rotatable bonds is 5. The molecule has 0 radical (unpaired) electrons. The number of benzene rings is 2. The number of nitrogens with zero attached hydrogens (tertiary/aromatic N) is 1. The third-order valence-electron chi connectivity index (χ3n) is 3.37. The number of likely N-dealkylation sites (N-methyl/N-ethyl adjacent to an activating group) is 1. The van der Waals surface area contributed by atoms with Crippen molar-refractivity contribution < 1.29 is 9.59 Å². The van der Waals surface area contributed by atoms with E-state index < -0.39 is 0 Å². The molecular formula is C18H20N2O2. The Morgan fingerprint density at radius 2 is 1.77 bits per heavy atom. The lowest BCUT2D eigenvalue weighted by Crippen LogP contribution is -2.40. The van der Waals surface area contributed by atoms with Gasteiger partial charge in [-0.1, -0.05) is 30.3 Å². The summed E-state index contributed by atoms with van der Waals surface area (Å²) in [5, 5.41) is 2.67. The van der Waals surface area contributed by atoms with Crippen molar-refractivity contribution in [3.8, 4) is 0 Å². The second-order valence-corrected chi connectivity index (χ2v) is 5.03. The Kier molecular flexibility index (Phi) is 5.31. The van der Waals surface area contributed by atoms with Crippen molar-refractivity contribution in [3.05, 3.63) is 65.7 Å². The summed E-state index contributed by atoms with van der Waals surface area (Å²) >= 11 is 0. The molecule has 0 aliphatic rings. The van der Waals surface area contributed by atoms with Crippen LogP contribution in [0.4, 0.5) is 5.69 Å². The molecule has 2 aromatic carbocycles. The normalized spacial score (nSPS) is 10.1. The molecule has 0 unspecified atom stereocenters. The van der Waals surface area contributed by atoms with E-state index in [1.807, 2.05) is 44.2 Å². The van der Waals surface area contributed by atoms with Gasteiger partial charge in [-0.05, 0) is 43.7 Å². The number of hydrogen-bond acceptors (Lipinski definition) is 2. The van der Waals surface area contributed by atoms with E-state index in [-0.39, 0.29) is 18.4 Å². The minimum Gasteiger partial charge on any atom is -0.343 e. The van der Waals surface area contributed by atoms with E-state index in [1.54, 1.807) is 29.2 Å². The summed E-state index contributed by atoms with van der Waals surface area (Å²) in [6.07, 6.45) is 0. The van der Waals surface area contributed by atoms with E-state index >= 15 is 0 Å². The number of carbonyl (C=O) groups excluding carboxylic acids is 2. The van der Waals surface area contributed by atoms with Gasteiger partial charge in [0.15, 0.2) is 0 Å². The summed E-state index contributed by atoms with van der Waals surface area (Å²) in [5.41, 5.74) is 2.49. The van der Waals surface area contributed by atoms with E-state index in [2.05, 4.69) is 5.32 Å². The van der Waals surface area contributed by atoms with Gasteiger partial charge in [0.05, 0.1) is 6.54 Å². The molecule has 0 fully saturated rings. The van der Waals surface area contributed by atoms with Gasteiger partial charge in [-0.3, -0.25) is 9.59 Å². The quantitative estimate of drug-likeness (QED) is 0.922. The van der Waals surface area contributed by atoms with Gasteiger partial charge in [-0.2, -0.15) is 0 Å². The Labute approximate surface area is 130 Å². The minimum absolute atomic E-state index is 0.0183. The van der Waals surface area contributed by atoms with Crippen molar-refractivity contribution in [2.24, 2.45) is 0 Å². The standard InChI is InChI=1S/C18H20N2O2/c1-3-20(16-11-7-8-14(2)12-16)17(21)13-19-18(22)15-9-5-4-6-10-15/h4-12H,3,13H2,1-2H3,(H,19,22). The molecule has 114 valence electrons. The molecule has 0 aliphatic heterocycles. The lowest BCUT2D eigenvalue weighted by Gasteiger charge is -2.21. The molecule has 0 saturated heterocycles. The molecule has 1 N–H and O–H groups in total. The van der Waals surface area contributed by atoms with Crippen LogP contribution in [-0.4, -0.2) is 24.9 Å². The molecule has 2 amide bonds. The van der Waals surface area contributed by atoms with E-state index in [0.29, 0.717) is 12.1 Å². The maximum Gasteiger partial charge on any atom is 0.251 e. The highest BCUT2D eigenvalue weighted by Crippen LogP contribution is 2.15. The zero-order valence-electron chi connectivity index (χ0n) is 12.9. The molecule has 0 aliphatic carbocycles. The molecule has 0 saturated carbocycles. The molecule has 4 nitrogen and oxygen atoms in total. The number of nitrogens with one attached hydrogen (secondary N) is 1. The molecule has 0 bridgehead atoms. The minimum atomic E-state index is -0.241. The lowest BCUT2D eigenvalue weighted by atomic mass is 10.2. The van der Waals surface area contributed by atoms with Gasteiger partial charge in [0.2, 0.25) is 5.91 Å². The van der Waals surface area contributed by atoms with Crippen molar-refractivity contribution in [3.63, 3.8) is 0 Å².